The van der Waals surface area contributed by atoms with Crippen molar-refractivity contribution < 1.29 is 36.6 Å². The third kappa shape index (κ3) is 5.88. The van der Waals surface area contributed by atoms with Crippen LogP contribution in [-0.4, -0.2) is 51.2 Å². The number of rotatable bonds is 7. The Morgan fingerprint density at radius 2 is 1.88 bits per heavy atom. The molecule has 0 fully saturated rings. The molecule has 8 nitrogen and oxygen atoms in total. The maximum atomic E-state index is 12.8. The quantitative estimate of drug-likeness (QED) is 0.515. The van der Waals surface area contributed by atoms with Crippen LogP contribution in [0.5, 0.6) is 5.75 Å². The summed E-state index contributed by atoms with van der Waals surface area (Å²) in [7, 11) is 0. The number of hydrogen-bond donors (Lipinski definition) is 2. The van der Waals surface area contributed by atoms with Gasteiger partial charge in [0.05, 0.1) is 24.1 Å². The van der Waals surface area contributed by atoms with Gasteiger partial charge in [-0.05, 0) is 42.5 Å². The lowest BCUT2D eigenvalue weighted by molar-refractivity contribution is -0.201. The molecular weight excluding hydrogens is 455 g/mol. The molecule has 0 unspecified atom stereocenters. The second-order valence-electron chi connectivity index (χ2n) is 6.54. The lowest BCUT2D eigenvalue weighted by atomic mass is 10.1. The Morgan fingerprint density at radius 3 is 2.45 bits per heavy atom. The van der Waals surface area contributed by atoms with Crippen LogP contribution in [0.25, 0.3) is 16.9 Å². The van der Waals surface area contributed by atoms with Crippen LogP contribution in [0.2, 0.25) is 0 Å². The van der Waals surface area contributed by atoms with Gasteiger partial charge in [0.1, 0.15) is 11.3 Å². The van der Waals surface area contributed by atoms with Gasteiger partial charge < -0.3 is 15.2 Å². The van der Waals surface area contributed by atoms with E-state index in [1.807, 2.05) is 5.32 Å². The highest BCUT2D eigenvalue weighted by atomic mass is 19.4. The lowest BCUT2D eigenvalue weighted by Gasteiger charge is -2.15. The number of aliphatic hydroxyl groups is 1. The molecule has 3 aromatic rings. The van der Waals surface area contributed by atoms with Gasteiger partial charge in [0, 0.05) is 11.8 Å². The van der Waals surface area contributed by atoms with Crippen LogP contribution >= 0.6 is 0 Å². The molecule has 13 heteroatoms. The molecule has 0 saturated carbocycles. The summed E-state index contributed by atoms with van der Waals surface area (Å²) in [4.78, 5) is 29.2. The molecule has 0 aliphatic carbocycles. The third-order valence-corrected chi connectivity index (χ3v) is 4.26. The molecule has 0 aliphatic rings. The molecule has 1 aromatic carbocycles. The minimum absolute atomic E-state index is 0.0311. The number of carbonyl (C=O) groups is 1. The standard InChI is InChI=1S/C20H15F5N4O4/c21-19(22)33-13-5-3-11(4-6-13)15-8-14(17(31)27-10-16(30)20(23,24)25)18(32)29(28-15)12-2-1-7-26-9-12/h1-9,16,19,30H,10H2,(H,27,31)/t16-/m0/s1. The predicted molar refractivity (Wildman–Crippen MR) is 104 cm³/mol. The highest BCUT2D eigenvalue weighted by molar-refractivity contribution is 5.94. The molecule has 0 spiro atoms. The number of carbonyl (C=O) groups excluding carboxylic acids is 1. The Bertz CT molecular complexity index is 1170. The number of hydrogen-bond acceptors (Lipinski definition) is 6. The molecular formula is C20H15F5N4O4. The molecule has 2 heterocycles. The van der Waals surface area contributed by atoms with Crippen LogP contribution in [0.15, 0.2) is 59.7 Å². The Hall–Kier alpha value is -3.87. The molecule has 1 atom stereocenters. The molecule has 2 N–H and O–H groups in total. The first-order chi connectivity index (χ1) is 15.6. The topological polar surface area (TPSA) is 106 Å². The van der Waals surface area contributed by atoms with Crippen molar-refractivity contribution in [2.24, 2.45) is 0 Å². The number of ether oxygens (including phenoxy) is 1. The Labute approximate surface area is 182 Å². The monoisotopic (exact) mass is 470 g/mol. The van der Waals surface area contributed by atoms with Crippen molar-refractivity contribution in [1.29, 1.82) is 0 Å². The zero-order chi connectivity index (χ0) is 24.2. The fraction of sp³-hybridized carbons (Fsp3) is 0.200. The first kappa shape index (κ1) is 23.8. The number of alkyl halides is 5. The Kier molecular flexibility index (Phi) is 7.01. The molecule has 0 radical (unpaired) electrons. The van der Waals surface area contributed by atoms with Gasteiger partial charge in [-0.2, -0.15) is 31.7 Å². The SMILES string of the molecule is O=C(NC[C@H](O)C(F)(F)F)c1cc(-c2ccc(OC(F)F)cc2)nn(-c2cccnc2)c1=O. The van der Waals surface area contributed by atoms with Gasteiger partial charge in [0.2, 0.25) is 0 Å². The first-order valence-electron chi connectivity index (χ1n) is 9.19. The number of aromatic nitrogens is 3. The summed E-state index contributed by atoms with van der Waals surface area (Å²) >= 11 is 0. The van der Waals surface area contributed by atoms with Crippen LogP contribution < -0.4 is 15.6 Å². The van der Waals surface area contributed by atoms with Crippen molar-refractivity contribution >= 4 is 5.91 Å². The highest BCUT2D eigenvalue weighted by Crippen LogP contribution is 2.23. The van der Waals surface area contributed by atoms with Crippen molar-refractivity contribution in [2.45, 2.75) is 18.9 Å². The van der Waals surface area contributed by atoms with E-state index < -0.39 is 42.5 Å². The van der Waals surface area contributed by atoms with E-state index in [-0.39, 0.29) is 17.1 Å². The fourth-order valence-electron chi connectivity index (χ4n) is 2.66. The summed E-state index contributed by atoms with van der Waals surface area (Å²) in [5, 5.41) is 15.1. The largest absolute Gasteiger partial charge is 0.435 e. The number of nitrogens with zero attached hydrogens (tertiary/aromatic N) is 3. The average Bonchev–Trinajstić information content (AvgIpc) is 2.77. The first-order valence-corrected chi connectivity index (χ1v) is 9.19. The summed E-state index contributed by atoms with van der Waals surface area (Å²) in [6.45, 7) is -4.21. The van der Waals surface area contributed by atoms with E-state index in [1.54, 1.807) is 0 Å². The van der Waals surface area contributed by atoms with Gasteiger partial charge in [-0.1, -0.05) is 0 Å². The molecule has 1 amide bonds. The van der Waals surface area contributed by atoms with Crippen LogP contribution in [0, 0.1) is 0 Å². The summed E-state index contributed by atoms with van der Waals surface area (Å²) in [6.07, 6.45) is -5.10. The van der Waals surface area contributed by atoms with E-state index in [9.17, 15) is 31.5 Å². The molecule has 0 bridgehead atoms. The normalized spacial score (nSPS) is 12.5. The van der Waals surface area contributed by atoms with Crippen molar-refractivity contribution in [2.75, 3.05) is 6.54 Å². The minimum atomic E-state index is -4.96. The van der Waals surface area contributed by atoms with Gasteiger partial charge in [0.25, 0.3) is 11.5 Å². The van der Waals surface area contributed by atoms with Gasteiger partial charge in [-0.15, -0.1) is 0 Å². The van der Waals surface area contributed by atoms with E-state index in [0.717, 1.165) is 10.7 Å². The summed E-state index contributed by atoms with van der Waals surface area (Å²) in [5.41, 5.74) is -1.04. The third-order valence-electron chi connectivity index (χ3n) is 4.26. The summed E-state index contributed by atoms with van der Waals surface area (Å²) in [5.74, 6) is -1.32. The van der Waals surface area contributed by atoms with E-state index >= 15 is 0 Å². The minimum Gasteiger partial charge on any atom is -0.435 e. The predicted octanol–water partition coefficient (Wildman–Crippen LogP) is 2.55. The second-order valence-corrected chi connectivity index (χ2v) is 6.54. The van der Waals surface area contributed by atoms with E-state index in [4.69, 9.17) is 5.11 Å². The zero-order valence-corrected chi connectivity index (χ0v) is 16.5. The zero-order valence-electron chi connectivity index (χ0n) is 16.5. The van der Waals surface area contributed by atoms with E-state index in [2.05, 4.69) is 14.8 Å². The Balaban J connectivity index is 2.02. The summed E-state index contributed by atoms with van der Waals surface area (Å²) < 4.78 is 67.4. The van der Waals surface area contributed by atoms with Crippen LogP contribution in [-0.2, 0) is 0 Å². The lowest BCUT2D eigenvalue weighted by Crippen LogP contribution is -2.42. The van der Waals surface area contributed by atoms with Crippen LogP contribution in [0.3, 0.4) is 0 Å². The van der Waals surface area contributed by atoms with Crippen LogP contribution in [0.1, 0.15) is 10.4 Å². The van der Waals surface area contributed by atoms with E-state index in [1.165, 1.54) is 48.8 Å². The van der Waals surface area contributed by atoms with Crippen molar-refractivity contribution in [1.82, 2.24) is 20.1 Å². The number of aliphatic hydroxyl groups excluding tert-OH is 1. The maximum absolute atomic E-state index is 12.8. The number of pyridine rings is 1. The number of amides is 1. The number of halogens is 5. The molecule has 33 heavy (non-hydrogen) atoms. The fourth-order valence-corrected chi connectivity index (χ4v) is 2.66. The second kappa shape index (κ2) is 9.73. The molecule has 3 rings (SSSR count). The van der Waals surface area contributed by atoms with E-state index in [0.29, 0.717) is 5.56 Å². The molecule has 0 aliphatic heterocycles. The van der Waals surface area contributed by atoms with Gasteiger partial charge in [-0.3, -0.25) is 14.6 Å². The molecule has 0 saturated heterocycles. The number of benzene rings is 1. The summed E-state index contributed by atoms with van der Waals surface area (Å²) in [6, 6.07) is 9.09. The van der Waals surface area contributed by atoms with Gasteiger partial charge in [-0.25, -0.2) is 0 Å². The highest BCUT2D eigenvalue weighted by Gasteiger charge is 2.38. The molecule has 174 valence electrons. The average molecular weight is 470 g/mol. The maximum Gasteiger partial charge on any atom is 0.416 e. The van der Waals surface area contributed by atoms with Crippen molar-refractivity contribution in [3.8, 4) is 22.7 Å². The van der Waals surface area contributed by atoms with Crippen molar-refractivity contribution in [3.05, 3.63) is 70.8 Å². The van der Waals surface area contributed by atoms with Gasteiger partial charge >= 0.3 is 12.8 Å². The van der Waals surface area contributed by atoms with Crippen molar-refractivity contribution in [3.63, 3.8) is 0 Å². The molecule has 2 aromatic heterocycles. The number of nitrogens with one attached hydrogen (secondary N) is 1. The van der Waals surface area contributed by atoms with Crippen LogP contribution in [0.4, 0.5) is 22.0 Å². The van der Waals surface area contributed by atoms with Gasteiger partial charge in [0.15, 0.2) is 6.10 Å². The smallest absolute Gasteiger partial charge is 0.416 e. The Morgan fingerprint density at radius 1 is 1.18 bits per heavy atom.